The molecule has 0 N–H and O–H groups in total. The Morgan fingerprint density at radius 3 is 2.65 bits per heavy atom. The van der Waals surface area contributed by atoms with Crippen molar-refractivity contribution in [3.63, 3.8) is 0 Å². The third-order valence-electron chi connectivity index (χ3n) is 9.42. The maximum absolute atomic E-state index is 15.3. The van der Waals surface area contributed by atoms with Crippen LogP contribution in [0.4, 0.5) is 20.6 Å². The topological polar surface area (TPSA) is 93.0 Å². The molecule has 7 rings (SSSR count). The van der Waals surface area contributed by atoms with Crippen LogP contribution in [0.2, 0.25) is 5.02 Å². The molecule has 2 fully saturated rings. The van der Waals surface area contributed by atoms with Gasteiger partial charge in [0.15, 0.2) is 5.82 Å². The summed E-state index contributed by atoms with van der Waals surface area (Å²) in [6, 6.07) is 5.16. The van der Waals surface area contributed by atoms with Gasteiger partial charge < -0.3 is 28.7 Å². The lowest BCUT2D eigenvalue weighted by Gasteiger charge is -2.54. The summed E-state index contributed by atoms with van der Waals surface area (Å²) in [4.78, 5) is 42.6. The number of fused-ring (bicyclic) bond motifs is 6. The molecule has 2 aromatic heterocycles. The Labute approximate surface area is 272 Å². The first-order chi connectivity index (χ1) is 21.9. The number of rotatable bonds is 2. The van der Waals surface area contributed by atoms with Crippen molar-refractivity contribution in [3.05, 3.63) is 58.8 Å². The highest BCUT2D eigenvalue weighted by Gasteiger charge is 2.51. The smallest absolute Gasteiger partial charge is 0.410 e. The van der Waals surface area contributed by atoms with E-state index in [4.69, 9.17) is 26.1 Å². The fraction of sp³-hybridized carbons (Fsp3) is 0.471. The molecule has 2 saturated heterocycles. The summed E-state index contributed by atoms with van der Waals surface area (Å²) in [6.07, 6.45) is 5.69. The van der Waals surface area contributed by atoms with Gasteiger partial charge in [-0.15, -0.1) is 0 Å². The molecule has 0 radical (unpaired) electrons. The van der Waals surface area contributed by atoms with Gasteiger partial charge >= 0.3 is 6.09 Å². The zero-order chi connectivity index (χ0) is 32.7. The van der Waals surface area contributed by atoms with E-state index in [2.05, 4.69) is 9.55 Å². The third-order valence-corrected chi connectivity index (χ3v) is 9.64. The highest BCUT2D eigenvalue weighted by atomic mass is 35.5. The Morgan fingerprint density at radius 2 is 1.93 bits per heavy atom. The molecule has 3 aliphatic heterocycles. The molecule has 0 aliphatic carbocycles. The monoisotopic (exact) mass is 648 g/mol. The predicted molar refractivity (Wildman–Crippen MR) is 175 cm³/mol. The Kier molecular flexibility index (Phi) is 7.39. The van der Waals surface area contributed by atoms with Gasteiger partial charge in [-0.3, -0.25) is 9.78 Å². The first-order valence-corrected chi connectivity index (χ1v) is 16.1. The molecule has 4 aromatic rings. The second-order valence-corrected chi connectivity index (χ2v) is 14.0. The molecule has 2 unspecified atom stereocenters. The predicted octanol–water partition coefficient (Wildman–Crippen LogP) is 6.92. The number of halogens is 2. The van der Waals surface area contributed by atoms with E-state index in [-0.39, 0.29) is 29.2 Å². The van der Waals surface area contributed by atoms with E-state index in [1.165, 1.54) is 17.2 Å². The number of likely N-dealkylation sites (N-methyl/N-ethyl adjacent to an activating group) is 1. The zero-order valence-electron chi connectivity index (χ0n) is 26.9. The molecule has 4 atom stereocenters. The fourth-order valence-electron chi connectivity index (χ4n) is 7.30. The Bertz CT molecular complexity index is 1880. The highest BCUT2D eigenvalue weighted by molar-refractivity contribution is 6.31. The second kappa shape index (κ2) is 11.1. The van der Waals surface area contributed by atoms with E-state index in [0.29, 0.717) is 23.4 Å². The minimum absolute atomic E-state index is 0.0709. The summed E-state index contributed by atoms with van der Waals surface area (Å²) in [5.41, 5.74) is 4.04. The molecule has 10 nitrogen and oxygen atoms in total. The van der Waals surface area contributed by atoms with Crippen LogP contribution in [0.5, 0.6) is 0 Å². The second-order valence-electron chi connectivity index (χ2n) is 13.6. The Balaban J connectivity index is 1.49. The van der Waals surface area contributed by atoms with Gasteiger partial charge in [0.25, 0.3) is 5.91 Å². The molecule has 5 heterocycles. The van der Waals surface area contributed by atoms with Crippen LogP contribution in [0.25, 0.3) is 21.9 Å². The molecule has 0 spiro atoms. The molecule has 12 heteroatoms. The van der Waals surface area contributed by atoms with Crippen molar-refractivity contribution < 1.29 is 23.5 Å². The van der Waals surface area contributed by atoms with Gasteiger partial charge in [-0.1, -0.05) is 17.7 Å². The van der Waals surface area contributed by atoms with Crippen LogP contribution >= 0.6 is 11.6 Å². The lowest BCUT2D eigenvalue weighted by atomic mass is 9.86. The number of nitrogens with zero attached hydrogens (tertiary/aromatic N) is 6. The number of pyridine rings is 1. The molecular formula is C34H38ClFN6O4. The van der Waals surface area contributed by atoms with Crippen molar-refractivity contribution in [2.45, 2.75) is 83.8 Å². The first-order valence-electron chi connectivity index (χ1n) is 15.8. The summed E-state index contributed by atoms with van der Waals surface area (Å²) < 4.78 is 29.4. The van der Waals surface area contributed by atoms with Crippen molar-refractivity contribution in [2.75, 3.05) is 30.0 Å². The third kappa shape index (κ3) is 4.86. The van der Waals surface area contributed by atoms with Crippen LogP contribution in [-0.2, 0) is 14.3 Å². The number of aromatic nitrogens is 3. The Morgan fingerprint density at radius 1 is 1.15 bits per heavy atom. The minimum atomic E-state index is -0.808. The van der Waals surface area contributed by atoms with Crippen LogP contribution in [0.15, 0.2) is 36.8 Å². The zero-order valence-corrected chi connectivity index (χ0v) is 27.6. The molecule has 0 bridgehead atoms. The van der Waals surface area contributed by atoms with Crippen molar-refractivity contribution >= 4 is 56.9 Å². The number of benzene rings is 2. The number of carbonyl (C=O) groups is 2. The summed E-state index contributed by atoms with van der Waals surface area (Å²) in [5, 5.41) is 0.707. The average molecular weight is 649 g/mol. The fourth-order valence-corrected chi connectivity index (χ4v) is 7.51. The van der Waals surface area contributed by atoms with E-state index in [1.807, 2.05) is 58.0 Å². The lowest BCUT2D eigenvalue weighted by molar-refractivity contribution is -0.121. The number of piperazine rings is 1. The van der Waals surface area contributed by atoms with E-state index >= 15 is 4.39 Å². The normalized spacial score (nSPS) is 23.6. The molecule has 242 valence electrons. The van der Waals surface area contributed by atoms with Crippen LogP contribution in [0.3, 0.4) is 0 Å². The Hall–Kier alpha value is -3.96. The van der Waals surface area contributed by atoms with Gasteiger partial charge in [-0.05, 0) is 77.6 Å². The number of aryl methyl sites for hydroxylation is 1. The van der Waals surface area contributed by atoms with Gasteiger partial charge in [0, 0.05) is 29.6 Å². The number of hydrogen-bond acceptors (Lipinski definition) is 7. The van der Waals surface area contributed by atoms with Crippen molar-refractivity contribution in [1.29, 1.82) is 0 Å². The van der Waals surface area contributed by atoms with Crippen LogP contribution in [-0.4, -0.2) is 69.3 Å². The van der Waals surface area contributed by atoms with E-state index < -0.39 is 35.6 Å². The maximum Gasteiger partial charge on any atom is 0.410 e. The average Bonchev–Trinajstić information content (AvgIpc) is 3.43. The van der Waals surface area contributed by atoms with Crippen LogP contribution in [0.1, 0.15) is 70.4 Å². The number of hydrogen-bond donors (Lipinski definition) is 0. The number of ether oxygens (including phenoxy) is 2. The summed E-state index contributed by atoms with van der Waals surface area (Å²) in [7, 11) is 1.68. The van der Waals surface area contributed by atoms with Crippen molar-refractivity contribution in [2.24, 2.45) is 0 Å². The van der Waals surface area contributed by atoms with Gasteiger partial charge in [0.05, 0.1) is 53.6 Å². The molecule has 0 saturated carbocycles. The SMILES string of the molecule is Cc1ccc2c(ncn2C2CCCCO2)c1C1[C@@H](C)N(C(=O)OC(C)(C)C)C[C@@H]2C(=O)N(C)c3cnc4c(F)cc(Cl)cc4c3N12. The summed E-state index contributed by atoms with van der Waals surface area (Å²) >= 11 is 6.43. The highest BCUT2D eigenvalue weighted by Crippen LogP contribution is 2.50. The van der Waals surface area contributed by atoms with Gasteiger partial charge in [0.1, 0.15) is 23.4 Å². The quantitative estimate of drug-likeness (QED) is 0.233. The van der Waals surface area contributed by atoms with Crippen molar-refractivity contribution in [3.8, 4) is 0 Å². The van der Waals surface area contributed by atoms with E-state index in [1.54, 1.807) is 18.0 Å². The first kappa shape index (κ1) is 30.7. The van der Waals surface area contributed by atoms with Crippen molar-refractivity contribution in [1.82, 2.24) is 19.4 Å². The molecule has 3 aliphatic rings. The lowest BCUT2D eigenvalue weighted by Crippen LogP contribution is -2.67. The van der Waals surface area contributed by atoms with Gasteiger partial charge in [0.2, 0.25) is 0 Å². The molecule has 46 heavy (non-hydrogen) atoms. The molecule has 2 amide bonds. The standard InChI is InChI=1S/C34H38ClFN6O4/c1-18-10-11-23-29(38-17-41(23)26-9-7-8-12-45-26)27(18)30-19(2)40(33(44)46-34(3,4)5)16-25-32(43)39(6)24-15-37-28-21(31(24)42(25)30)13-20(35)14-22(28)36/h10-11,13-15,17,19,25-26,30H,7-9,12,16H2,1-6H3/t19-,25-,26?,30?/m1/s1. The summed E-state index contributed by atoms with van der Waals surface area (Å²) in [5.74, 6) is -0.768. The van der Waals surface area contributed by atoms with E-state index in [9.17, 15) is 9.59 Å². The number of imidazole rings is 1. The minimum Gasteiger partial charge on any atom is -0.444 e. The number of anilines is 2. The molecular weight excluding hydrogens is 611 g/mol. The van der Waals surface area contributed by atoms with Crippen LogP contribution in [0, 0.1) is 12.7 Å². The van der Waals surface area contributed by atoms with Crippen LogP contribution < -0.4 is 9.80 Å². The summed E-state index contributed by atoms with van der Waals surface area (Å²) in [6.45, 7) is 10.2. The molecule has 2 aromatic carbocycles. The number of amides is 2. The van der Waals surface area contributed by atoms with Gasteiger partial charge in [-0.25, -0.2) is 14.2 Å². The largest absolute Gasteiger partial charge is 0.444 e. The number of carbonyl (C=O) groups excluding carboxylic acids is 2. The van der Waals surface area contributed by atoms with E-state index in [0.717, 1.165) is 41.4 Å². The van der Waals surface area contributed by atoms with Gasteiger partial charge in [-0.2, -0.15) is 0 Å². The maximum atomic E-state index is 15.3.